The Morgan fingerprint density at radius 2 is 0.825 bits per heavy atom. The first kappa shape index (κ1) is 22.6. The summed E-state index contributed by atoms with van der Waals surface area (Å²) in [7, 11) is 0. The summed E-state index contributed by atoms with van der Waals surface area (Å²) < 4.78 is 0. The molecule has 0 fully saturated rings. The van der Waals surface area contributed by atoms with Crippen molar-refractivity contribution >= 4 is 43.1 Å². The molecule has 0 saturated carbocycles. The molecule has 1 heterocycles. The summed E-state index contributed by atoms with van der Waals surface area (Å²) in [4.78, 5) is 14.9. The van der Waals surface area contributed by atoms with Crippen molar-refractivity contribution in [2.24, 2.45) is 0 Å². The van der Waals surface area contributed by atoms with E-state index in [1.165, 1.54) is 37.7 Å². The summed E-state index contributed by atoms with van der Waals surface area (Å²) in [6, 6.07) is 48.7. The van der Waals surface area contributed by atoms with Crippen LogP contribution in [0.5, 0.6) is 0 Å². The van der Waals surface area contributed by atoms with E-state index < -0.39 is 0 Å². The van der Waals surface area contributed by atoms with Gasteiger partial charge in [-0.15, -0.1) is 0 Å². The van der Waals surface area contributed by atoms with E-state index in [4.69, 9.17) is 15.0 Å². The molecule has 0 unspecified atom stereocenters. The number of benzene rings is 7. The van der Waals surface area contributed by atoms with Crippen molar-refractivity contribution in [3.8, 4) is 34.2 Å². The summed E-state index contributed by atoms with van der Waals surface area (Å²) in [5.74, 6) is 2.00. The minimum Gasteiger partial charge on any atom is -0.208 e. The molecule has 0 amide bonds. The third-order valence-electron chi connectivity index (χ3n) is 7.70. The van der Waals surface area contributed by atoms with Gasteiger partial charge in [-0.05, 0) is 43.1 Å². The monoisotopic (exact) mass is 509 g/mol. The molecule has 40 heavy (non-hydrogen) atoms. The molecule has 0 aliphatic rings. The third kappa shape index (κ3) is 3.63. The standard InChI is InChI=1S/C37H23N3/c1-3-11-26(12-4-1)35-38-36(27-13-5-2-6-14-27)40-37(39-35)33-17-9-16-31-30(33)22-20-25-19-21-29-28-15-8-7-10-24(28)18-23-32(29)34(25)31/h1-23H. The largest absolute Gasteiger partial charge is 0.208 e. The van der Waals surface area contributed by atoms with Crippen molar-refractivity contribution in [1.82, 2.24) is 15.0 Å². The van der Waals surface area contributed by atoms with Gasteiger partial charge in [-0.25, -0.2) is 15.0 Å². The van der Waals surface area contributed by atoms with Crippen LogP contribution in [0.15, 0.2) is 140 Å². The average molecular weight is 510 g/mol. The van der Waals surface area contributed by atoms with E-state index in [1.54, 1.807) is 0 Å². The van der Waals surface area contributed by atoms with Crippen LogP contribution in [0.3, 0.4) is 0 Å². The fraction of sp³-hybridized carbons (Fsp3) is 0. The first-order valence-corrected chi connectivity index (χ1v) is 13.5. The Labute approximate surface area is 231 Å². The van der Waals surface area contributed by atoms with Gasteiger partial charge in [0.05, 0.1) is 0 Å². The molecule has 0 saturated heterocycles. The van der Waals surface area contributed by atoms with Crippen molar-refractivity contribution in [2.45, 2.75) is 0 Å². The third-order valence-corrected chi connectivity index (χ3v) is 7.70. The first-order valence-electron chi connectivity index (χ1n) is 13.5. The molecule has 1 aromatic heterocycles. The summed E-state index contributed by atoms with van der Waals surface area (Å²) in [5, 5.41) is 9.83. The number of fused-ring (bicyclic) bond motifs is 7. The second kappa shape index (κ2) is 9.11. The Morgan fingerprint density at radius 3 is 1.55 bits per heavy atom. The van der Waals surface area contributed by atoms with Crippen LogP contribution in [0.2, 0.25) is 0 Å². The average Bonchev–Trinajstić information content (AvgIpc) is 3.04. The Hall–Kier alpha value is -5.41. The molecule has 8 rings (SSSR count). The predicted octanol–water partition coefficient (Wildman–Crippen LogP) is 9.49. The van der Waals surface area contributed by atoms with Gasteiger partial charge in [0.15, 0.2) is 17.5 Å². The van der Waals surface area contributed by atoms with Gasteiger partial charge in [-0.2, -0.15) is 0 Å². The maximum atomic E-state index is 5.01. The summed E-state index contributed by atoms with van der Waals surface area (Å²) >= 11 is 0. The normalized spacial score (nSPS) is 11.5. The highest BCUT2D eigenvalue weighted by Crippen LogP contribution is 2.38. The van der Waals surface area contributed by atoms with Crippen molar-refractivity contribution in [3.05, 3.63) is 140 Å². The van der Waals surface area contributed by atoms with Crippen LogP contribution in [0.4, 0.5) is 0 Å². The lowest BCUT2D eigenvalue weighted by atomic mass is 9.92. The van der Waals surface area contributed by atoms with E-state index in [0.717, 1.165) is 22.1 Å². The highest BCUT2D eigenvalue weighted by molar-refractivity contribution is 6.25. The van der Waals surface area contributed by atoms with Crippen LogP contribution in [0.1, 0.15) is 0 Å². The molecule has 0 spiro atoms. The van der Waals surface area contributed by atoms with Gasteiger partial charge < -0.3 is 0 Å². The van der Waals surface area contributed by atoms with Gasteiger partial charge in [0.2, 0.25) is 0 Å². The van der Waals surface area contributed by atoms with Gasteiger partial charge in [0.1, 0.15) is 0 Å². The van der Waals surface area contributed by atoms with Crippen LogP contribution >= 0.6 is 0 Å². The fourth-order valence-corrected chi connectivity index (χ4v) is 5.80. The van der Waals surface area contributed by atoms with E-state index in [0.29, 0.717) is 17.5 Å². The van der Waals surface area contributed by atoms with Crippen molar-refractivity contribution in [1.29, 1.82) is 0 Å². The topological polar surface area (TPSA) is 38.7 Å². The van der Waals surface area contributed by atoms with Crippen LogP contribution in [-0.4, -0.2) is 15.0 Å². The molecule has 0 atom stereocenters. The second-order valence-corrected chi connectivity index (χ2v) is 10.1. The van der Waals surface area contributed by atoms with E-state index in [9.17, 15) is 0 Å². The molecule has 0 N–H and O–H groups in total. The Balaban J connectivity index is 1.42. The molecule has 0 aliphatic heterocycles. The van der Waals surface area contributed by atoms with Crippen LogP contribution in [0.25, 0.3) is 77.3 Å². The lowest BCUT2D eigenvalue weighted by molar-refractivity contribution is 1.08. The molecule has 8 aromatic rings. The Bertz CT molecular complexity index is 2150. The van der Waals surface area contributed by atoms with Crippen LogP contribution < -0.4 is 0 Å². The molecule has 0 aliphatic carbocycles. The number of nitrogens with zero attached hydrogens (tertiary/aromatic N) is 3. The highest BCUT2D eigenvalue weighted by Gasteiger charge is 2.16. The molecule has 3 heteroatoms. The zero-order valence-electron chi connectivity index (χ0n) is 21.6. The Morgan fingerprint density at radius 1 is 0.300 bits per heavy atom. The van der Waals surface area contributed by atoms with E-state index >= 15 is 0 Å². The summed E-state index contributed by atoms with van der Waals surface area (Å²) in [6.45, 7) is 0. The van der Waals surface area contributed by atoms with E-state index in [-0.39, 0.29) is 0 Å². The highest BCUT2D eigenvalue weighted by atomic mass is 15.0. The number of rotatable bonds is 3. The molecule has 0 bridgehead atoms. The predicted molar refractivity (Wildman–Crippen MR) is 166 cm³/mol. The van der Waals surface area contributed by atoms with Crippen molar-refractivity contribution < 1.29 is 0 Å². The van der Waals surface area contributed by atoms with E-state index in [2.05, 4.69) is 78.9 Å². The molecular weight excluding hydrogens is 486 g/mol. The van der Waals surface area contributed by atoms with Crippen LogP contribution in [0, 0.1) is 0 Å². The lowest BCUT2D eigenvalue weighted by Gasteiger charge is -2.13. The van der Waals surface area contributed by atoms with Gasteiger partial charge >= 0.3 is 0 Å². The van der Waals surface area contributed by atoms with E-state index in [1.807, 2.05) is 60.7 Å². The minimum atomic E-state index is 0.666. The number of hydrogen-bond donors (Lipinski definition) is 0. The fourth-order valence-electron chi connectivity index (χ4n) is 5.80. The minimum absolute atomic E-state index is 0.666. The van der Waals surface area contributed by atoms with Gasteiger partial charge in [-0.1, -0.05) is 140 Å². The van der Waals surface area contributed by atoms with Gasteiger partial charge in [0.25, 0.3) is 0 Å². The quantitative estimate of drug-likeness (QED) is 0.223. The lowest BCUT2D eigenvalue weighted by Crippen LogP contribution is -2.00. The SMILES string of the molecule is c1ccc(-c2nc(-c3ccccc3)nc(-c3cccc4c3ccc3ccc5c6ccccc6ccc5c34)n2)cc1. The molecule has 3 nitrogen and oxygen atoms in total. The summed E-state index contributed by atoms with van der Waals surface area (Å²) in [6.07, 6.45) is 0. The first-order chi connectivity index (χ1) is 19.8. The number of hydrogen-bond acceptors (Lipinski definition) is 3. The summed E-state index contributed by atoms with van der Waals surface area (Å²) in [5.41, 5.74) is 2.92. The van der Waals surface area contributed by atoms with Crippen LogP contribution in [-0.2, 0) is 0 Å². The number of aromatic nitrogens is 3. The maximum Gasteiger partial charge on any atom is 0.164 e. The molecule has 7 aromatic carbocycles. The maximum absolute atomic E-state index is 5.01. The second-order valence-electron chi connectivity index (χ2n) is 10.1. The smallest absolute Gasteiger partial charge is 0.164 e. The molecular formula is C37H23N3. The zero-order chi connectivity index (χ0) is 26.5. The van der Waals surface area contributed by atoms with Crippen molar-refractivity contribution in [2.75, 3.05) is 0 Å². The van der Waals surface area contributed by atoms with Crippen molar-refractivity contribution in [3.63, 3.8) is 0 Å². The van der Waals surface area contributed by atoms with Gasteiger partial charge in [0, 0.05) is 16.7 Å². The Kier molecular flexibility index (Phi) is 5.14. The van der Waals surface area contributed by atoms with Gasteiger partial charge in [-0.3, -0.25) is 0 Å². The zero-order valence-corrected chi connectivity index (χ0v) is 21.6. The molecule has 186 valence electrons. The molecule has 0 radical (unpaired) electrons.